The maximum Gasteiger partial charge on any atom is 0.251 e. The van der Waals surface area contributed by atoms with Crippen LogP contribution < -0.4 is 5.32 Å². The number of furan rings is 1. The summed E-state index contributed by atoms with van der Waals surface area (Å²) in [5.74, 6) is 1.42. The standard InChI is InChI=1S/C21H21N3O3S/c1-14-23-18(13-28-14)19-9-8-17(27-19)11-22-21(26)16-6-4-15(5-7-16)12-24-10-2-3-20(24)25/h4-9,13H,2-3,10-12H2,1H3,(H,22,26). The van der Waals surface area contributed by atoms with E-state index in [4.69, 9.17) is 4.42 Å². The van der Waals surface area contributed by atoms with Gasteiger partial charge in [0, 0.05) is 30.5 Å². The first-order valence-corrected chi connectivity index (χ1v) is 10.1. The molecule has 3 aromatic rings. The zero-order valence-electron chi connectivity index (χ0n) is 15.6. The molecule has 4 rings (SSSR count). The molecule has 0 saturated carbocycles. The number of aromatic nitrogens is 1. The van der Waals surface area contributed by atoms with Crippen LogP contribution in [0.5, 0.6) is 0 Å². The first kappa shape index (κ1) is 18.4. The Hall–Kier alpha value is -2.93. The molecule has 3 heterocycles. The molecule has 6 nitrogen and oxygen atoms in total. The molecule has 0 aliphatic carbocycles. The lowest BCUT2D eigenvalue weighted by Crippen LogP contribution is -2.24. The molecular weight excluding hydrogens is 374 g/mol. The Balaban J connectivity index is 1.32. The van der Waals surface area contributed by atoms with Crippen molar-refractivity contribution in [3.05, 3.63) is 63.7 Å². The third-order valence-electron chi connectivity index (χ3n) is 4.72. The van der Waals surface area contributed by atoms with Gasteiger partial charge in [0.2, 0.25) is 5.91 Å². The van der Waals surface area contributed by atoms with Gasteiger partial charge in [0.15, 0.2) is 5.76 Å². The van der Waals surface area contributed by atoms with Gasteiger partial charge in [-0.3, -0.25) is 9.59 Å². The molecule has 0 spiro atoms. The zero-order valence-corrected chi connectivity index (χ0v) is 16.4. The summed E-state index contributed by atoms with van der Waals surface area (Å²) in [5.41, 5.74) is 2.42. The second-order valence-electron chi connectivity index (χ2n) is 6.82. The lowest BCUT2D eigenvalue weighted by atomic mass is 10.1. The van der Waals surface area contributed by atoms with Crippen LogP contribution in [0.15, 0.2) is 46.2 Å². The number of likely N-dealkylation sites (tertiary alicyclic amines) is 1. The van der Waals surface area contributed by atoms with Crippen LogP contribution in [0.4, 0.5) is 0 Å². The molecule has 2 aromatic heterocycles. The average molecular weight is 395 g/mol. The molecule has 144 valence electrons. The largest absolute Gasteiger partial charge is 0.458 e. The van der Waals surface area contributed by atoms with Crippen LogP contribution in [0.2, 0.25) is 0 Å². The van der Waals surface area contributed by atoms with Crippen molar-refractivity contribution < 1.29 is 14.0 Å². The van der Waals surface area contributed by atoms with Gasteiger partial charge in [-0.1, -0.05) is 12.1 Å². The second kappa shape index (κ2) is 7.98. The van der Waals surface area contributed by atoms with E-state index in [9.17, 15) is 9.59 Å². The monoisotopic (exact) mass is 395 g/mol. The molecule has 0 bridgehead atoms. The van der Waals surface area contributed by atoms with E-state index in [1.165, 1.54) is 0 Å². The molecule has 1 aliphatic rings. The Labute approximate surface area is 167 Å². The summed E-state index contributed by atoms with van der Waals surface area (Å²) < 4.78 is 5.76. The summed E-state index contributed by atoms with van der Waals surface area (Å²) in [4.78, 5) is 30.3. The molecule has 0 atom stereocenters. The highest BCUT2D eigenvalue weighted by Gasteiger charge is 2.20. The fraction of sp³-hybridized carbons (Fsp3) is 0.286. The van der Waals surface area contributed by atoms with Gasteiger partial charge in [-0.2, -0.15) is 0 Å². The van der Waals surface area contributed by atoms with Gasteiger partial charge < -0.3 is 14.6 Å². The van der Waals surface area contributed by atoms with Crippen LogP contribution in [0.1, 0.15) is 39.5 Å². The van der Waals surface area contributed by atoms with Crippen molar-refractivity contribution in [2.45, 2.75) is 32.9 Å². The predicted molar refractivity (Wildman–Crippen MR) is 107 cm³/mol. The molecule has 0 unspecified atom stereocenters. The third-order valence-corrected chi connectivity index (χ3v) is 5.49. The van der Waals surface area contributed by atoms with Gasteiger partial charge in [-0.15, -0.1) is 11.3 Å². The van der Waals surface area contributed by atoms with Crippen molar-refractivity contribution in [3.8, 4) is 11.5 Å². The van der Waals surface area contributed by atoms with Crippen LogP contribution in [-0.2, 0) is 17.9 Å². The summed E-state index contributed by atoms with van der Waals surface area (Å²) in [5, 5.41) is 5.81. The zero-order chi connectivity index (χ0) is 19.5. The van der Waals surface area contributed by atoms with Crippen LogP contribution in [0, 0.1) is 6.92 Å². The summed E-state index contributed by atoms with van der Waals surface area (Å²) in [7, 11) is 0. The number of carbonyl (C=O) groups is 2. The van der Waals surface area contributed by atoms with Gasteiger partial charge in [0.1, 0.15) is 11.5 Å². The molecule has 1 N–H and O–H groups in total. The lowest BCUT2D eigenvalue weighted by molar-refractivity contribution is -0.128. The summed E-state index contributed by atoms with van der Waals surface area (Å²) in [6.07, 6.45) is 1.56. The number of amides is 2. The lowest BCUT2D eigenvalue weighted by Gasteiger charge is -2.15. The van der Waals surface area contributed by atoms with Crippen molar-refractivity contribution in [2.75, 3.05) is 6.54 Å². The molecule has 1 fully saturated rings. The van der Waals surface area contributed by atoms with E-state index in [0.29, 0.717) is 36.6 Å². The van der Waals surface area contributed by atoms with E-state index in [1.807, 2.05) is 41.5 Å². The van der Waals surface area contributed by atoms with Crippen LogP contribution >= 0.6 is 11.3 Å². The molecular formula is C21H21N3O3S. The third kappa shape index (κ3) is 4.14. The van der Waals surface area contributed by atoms with Gasteiger partial charge in [0.25, 0.3) is 5.91 Å². The number of nitrogens with zero attached hydrogens (tertiary/aromatic N) is 2. The Morgan fingerprint density at radius 1 is 1.25 bits per heavy atom. The highest BCUT2D eigenvalue weighted by atomic mass is 32.1. The number of nitrogens with one attached hydrogen (secondary N) is 1. The van der Waals surface area contributed by atoms with Gasteiger partial charge in [-0.05, 0) is 43.2 Å². The number of carbonyl (C=O) groups excluding carboxylic acids is 2. The summed E-state index contributed by atoms with van der Waals surface area (Å²) in [6, 6.07) is 11.1. The van der Waals surface area contributed by atoms with E-state index in [0.717, 1.165) is 29.2 Å². The number of thiazole rings is 1. The topological polar surface area (TPSA) is 75.4 Å². The SMILES string of the molecule is Cc1nc(-c2ccc(CNC(=O)c3ccc(CN4CCCC4=O)cc3)o2)cs1. The number of aryl methyl sites for hydroxylation is 1. The van der Waals surface area contributed by atoms with Gasteiger partial charge >= 0.3 is 0 Å². The predicted octanol–water partition coefficient (Wildman–Crippen LogP) is 3.76. The highest BCUT2D eigenvalue weighted by Crippen LogP contribution is 2.23. The van der Waals surface area contributed by atoms with Crippen molar-refractivity contribution in [3.63, 3.8) is 0 Å². The van der Waals surface area contributed by atoms with E-state index >= 15 is 0 Å². The van der Waals surface area contributed by atoms with Crippen LogP contribution in [0.25, 0.3) is 11.5 Å². The average Bonchev–Trinajstić information content (AvgIpc) is 3.43. The summed E-state index contributed by atoms with van der Waals surface area (Å²) in [6.45, 7) is 3.68. The quantitative estimate of drug-likeness (QED) is 0.689. The number of benzene rings is 1. The minimum absolute atomic E-state index is 0.161. The summed E-state index contributed by atoms with van der Waals surface area (Å²) >= 11 is 1.57. The Kier molecular flexibility index (Phi) is 5.25. The highest BCUT2D eigenvalue weighted by molar-refractivity contribution is 7.09. The van der Waals surface area contributed by atoms with E-state index in [-0.39, 0.29) is 11.8 Å². The molecule has 1 saturated heterocycles. The van der Waals surface area contributed by atoms with Crippen LogP contribution in [-0.4, -0.2) is 28.2 Å². The first-order valence-electron chi connectivity index (χ1n) is 9.24. The molecule has 0 radical (unpaired) electrons. The number of hydrogen-bond acceptors (Lipinski definition) is 5. The fourth-order valence-electron chi connectivity index (χ4n) is 3.21. The minimum atomic E-state index is -0.161. The first-order chi connectivity index (χ1) is 13.6. The van der Waals surface area contributed by atoms with Crippen molar-refractivity contribution in [1.82, 2.24) is 15.2 Å². The van der Waals surface area contributed by atoms with E-state index in [2.05, 4.69) is 10.3 Å². The van der Waals surface area contributed by atoms with Crippen molar-refractivity contribution in [1.29, 1.82) is 0 Å². The Morgan fingerprint density at radius 3 is 2.75 bits per heavy atom. The molecule has 2 amide bonds. The number of hydrogen-bond donors (Lipinski definition) is 1. The normalized spacial score (nSPS) is 13.9. The van der Waals surface area contributed by atoms with E-state index < -0.39 is 0 Å². The molecule has 7 heteroatoms. The minimum Gasteiger partial charge on any atom is -0.458 e. The van der Waals surface area contributed by atoms with Crippen LogP contribution in [0.3, 0.4) is 0 Å². The van der Waals surface area contributed by atoms with Crippen molar-refractivity contribution in [2.24, 2.45) is 0 Å². The second-order valence-corrected chi connectivity index (χ2v) is 7.88. The maximum atomic E-state index is 12.4. The van der Waals surface area contributed by atoms with Gasteiger partial charge in [-0.25, -0.2) is 4.98 Å². The van der Waals surface area contributed by atoms with Gasteiger partial charge in [0.05, 0.1) is 11.6 Å². The number of rotatable bonds is 6. The Morgan fingerprint density at radius 2 is 2.07 bits per heavy atom. The molecule has 1 aromatic carbocycles. The molecule has 1 aliphatic heterocycles. The fourth-order valence-corrected chi connectivity index (χ4v) is 3.81. The molecule has 28 heavy (non-hydrogen) atoms. The Bertz CT molecular complexity index is 991. The maximum absolute atomic E-state index is 12.4. The van der Waals surface area contributed by atoms with E-state index in [1.54, 1.807) is 23.5 Å². The smallest absolute Gasteiger partial charge is 0.251 e. The van der Waals surface area contributed by atoms with Crippen molar-refractivity contribution >= 4 is 23.2 Å².